The van der Waals surface area contributed by atoms with Crippen LogP contribution in [0.25, 0.3) is 0 Å². The molecule has 2 nitrogen and oxygen atoms in total. The lowest BCUT2D eigenvalue weighted by Gasteiger charge is -2.29. The number of benzene rings is 1. The van der Waals surface area contributed by atoms with E-state index in [2.05, 4.69) is 42.6 Å². The topological polar surface area (TPSA) is 32.3 Å². The van der Waals surface area contributed by atoms with Crippen molar-refractivity contribution >= 4 is 0 Å². The Bertz CT molecular complexity index is 368. The zero-order valence-electron chi connectivity index (χ0n) is 12.8. The van der Waals surface area contributed by atoms with Gasteiger partial charge in [0.15, 0.2) is 0 Å². The molecule has 2 rings (SSSR count). The molecule has 1 atom stereocenters. The van der Waals surface area contributed by atoms with Crippen LogP contribution in [-0.4, -0.2) is 23.3 Å². The summed E-state index contributed by atoms with van der Waals surface area (Å²) in [7, 11) is 0. The molecule has 0 radical (unpaired) electrons. The summed E-state index contributed by atoms with van der Waals surface area (Å²) in [6, 6.07) is 11.1. The van der Waals surface area contributed by atoms with Crippen molar-refractivity contribution in [2.45, 2.75) is 69.9 Å². The first-order chi connectivity index (χ1) is 9.72. The van der Waals surface area contributed by atoms with Gasteiger partial charge in [-0.15, -0.1) is 0 Å². The second kappa shape index (κ2) is 7.80. The van der Waals surface area contributed by atoms with E-state index in [0.717, 1.165) is 32.2 Å². The summed E-state index contributed by atoms with van der Waals surface area (Å²) in [5, 5.41) is 14.3. The van der Waals surface area contributed by atoms with Crippen LogP contribution in [0.2, 0.25) is 0 Å². The predicted molar refractivity (Wildman–Crippen MR) is 84.9 cm³/mol. The maximum atomic E-state index is 10.7. The molecule has 2 heteroatoms. The average molecular weight is 275 g/mol. The molecule has 1 aromatic rings. The van der Waals surface area contributed by atoms with Crippen LogP contribution in [0.15, 0.2) is 30.3 Å². The summed E-state index contributed by atoms with van der Waals surface area (Å²) in [5.41, 5.74) is 0.903. The quantitative estimate of drug-likeness (QED) is 0.776. The van der Waals surface area contributed by atoms with Gasteiger partial charge < -0.3 is 10.4 Å². The van der Waals surface area contributed by atoms with E-state index >= 15 is 0 Å². The lowest BCUT2D eigenvalue weighted by molar-refractivity contribution is 0.0226. The number of nitrogens with one attached hydrogen (secondary N) is 1. The van der Waals surface area contributed by atoms with Crippen LogP contribution in [0.5, 0.6) is 0 Å². The first kappa shape index (κ1) is 15.5. The van der Waals surface area contributed by atoms with Crippen LogP contribution in [0.4, 0.5) is 0 Å². The van der Waals surface area contributed by atoms with Gasteiger partial charge in [-0.2, -0.15) is 0 Å². The van der Waals surface area contributed by atoms with Gasteiger partial charge in [-0.3, -0.25) is 0 Å². The van der Waals surface area contributed by atoms with Gasteiger partial charge in [0.1, 0.15) is 0 Å². The van der Waals surface area contributed by atoms with E-state index < -0.39 is 5.60 Å². The molecule has 0 amide bonds. The predicted octanol–water partition coefficient (Wildman–Crippen LogP) is 3.68. The summed E-state index contributed by atoms with van der Waals surface area (Å²) in [6.45, 7) is 2.97. The van der Waals surface area contributed by atoms with Crippen molar-refractivity contribution in [2.24, 2.45) is 0 Å². The van der Waals surface area contributed by atoms with Crippen molar-refractivity contribution in [3.8, 4) is 0 Å². The van der Waals surface area contributed by atoms with Crippen LogP contribution < -0.4 is 5.32 Å². The molecule has 0 spiro atoms. The summed E-state index contributed by atoms with van der Waals surface area (Å²) in [6.07, 6.45) is 8.98. The third kappa shape index (κ3) is 4.92. The van der Waals surface area contributed by atoms with Crippen LogP contribution in [-0.2, 0) is 6.42 Å². The number of rotatable bonds is 6. The molecule has 1 aliphatic rings. The van der Waals surface area contributed by atoms with E-state index in [1.807, 2.05) is 0 Å². The molecule has 0 heterocycles. The fourth-order valence-electron chi connectivity index (χ4n) is 3.16. The van der Waals surface area contributed by atoms with Crippen LogP contribution in [0.1, 0.15) is 57.4 Å². The van der Waals surface area contributed by atoms with E-state index in [4.69, 9.17) is 0 Å². The van der Waals surface area contributed by atoms with Gasteiger partial charge in [0, 0.05) is 12.6 Å². The Morgan fingerprint density at radius 2 is 1.75 bits per heavy atom. The Labute approximate surface area is 123 Å². The van der Waals surface area contributed by atoms with Crippen LogP contribution >= 0.6 is 0 Å². The molecule has 0 saturated heterocycles. The molecule has 1 aliphatic carbocycles. The van der Waals surface area contributed by atoms with Crippen LogP contribution in [0.3, 0.4) is 0 Å². The lowest BCUT2D eigenvalue weighted by atomic mass is 9.93. The minimum absolute atomic E-state index is 0.463. The van der Waals surface area contributed by atoms with Crippen molar-refractivity contribution in [3.63, 3.8) is 0 Å². The van der Waals surface area contributed by atoms with Crippen molar-refractivity contribution in [3.05, 3.63) is 35.9 Å². The zero-order chi connectivity index (χ0) is 14.3. The highest BCUT2D eigenvalue weighted by Crippen LogP contribution is 2.26. The van der Waals surface area contributed by atoms with E-state index in [9.17, 15) is 5.11 Å². The van der Waals surface area contributed by atoms with Gasteiger partial charge in [-0.25, -0.2) is 0 Å². The molecule has 0 aromatic heterocycles. The molecule has 20 heavy (non-hydrogen) atoms. The van der Waals surface area contributed by atoms with Crippen molar-refractivity contribution < 1.29 is 5.11 Å². The Morgan fingerprint density at radius 1 is 1.10 bits per heavy atom. The molecule has 1 fully saturated rings. The fraction of sp³-hybridized carbons (Fsp3) is 0.667. The maximum Gasteiger partial charge on any atom is 0.0771 e. The van der Waals surface area contributed by atoms with Gasteiger partial charge in [0.25, 0.3) is 0 Å². The van der Waals surface area contributed by atoms with E-state index in [1.54, 1.807) is 0 Å². The fourth-order valence-corrected chi connectivity index (χ4v) is 3.16. The summed E-state index contributed by atoms with van der Waals surface area (Å²) in [5.74, 6) is 0. The number of hydrogen-bond donors (Lipinski definition) is 2. The zero-order valence-corrected chi connectivity index (χ0v) is 12.8. The monoisotopic (exact) mass is 275 g/mol. The Hall–Kier alpha value is -0.860. The lowest BCUT2D eigenvalue weighted by Crippen LogP contribution is -2.44. The molecule has 112 valence electrons. The van der Waals surface area contributed by atoms with Crippen molar-refractivity contribution in [1.82, 2.24) is 5.32 Å². The minimum Gasteiger partial charge on any atom is -0.389 e. The highest BCUT2D eigenvalue weighted by Gasteiger charge is 2.28. The molecular formula is C18H29NO. The van der Waals surface area contributed by atoms with Gasteiger partial charge in [-0.1, -0.05) is 62.9 Å². The second-order valence-electron chi connectivity index (χ2n) is 6.31. The smallest absolute Gasteiger partial charge is 0.0771 e. The summed E-state index contributed by atoms with van der Waals surface area (Å²) >= 11 is 0. The molecule has 0 bridgehead atoms. The Balaban J connectivity index is 1.83. The Morgan fingerprint density at radius 3 is 2.35 bits per heavy atom. The Kier molecular flexibility index (Phi) is 6.06. The SMILES string of the molecule is CCC(Cc1ccccc1)NCC1(O)CCCCCC1. The highest BCUT2D eigenvalue weighted by molar-refractivity contribution is 5.15. The maximum absolute atomic E-state index is 10.7. The summed E-state index contributed by atoms with van der Waals surface area (Å²) in [4.78, 5) is 0. The third-order valence-electron chi connectivity index (χ3n) is 4.57. The van der Waals surface area contributed by atoms with Crippen molar-refractivity contribution in [2.75, 3.05) is 6.54 Å². The molecule has 1 saturated carbocycles. The molecule has 0 aliphatic heterocycles. The molecule has 2 N–H and O–H groups in total. The number of hydrogen-bond acceptors (Lipinski definition) is 2. The van der Waals surface area contributed by atoms with E-state index in [1.165, 1.54) is 31.2 Å². The highest BCUT2D eigenvalue weighted by atomic mass is 16.3. The van der Waals surface area contributed by atoms with E-state index in [0.29, 0.717) is 6.04 Å². The molecular weight excluding hydrogens is 246 g/mol. The third-order valence-corrected chi connectivity index (χ3v) is 4.57. The number of aliphatic hydroxyl groups is 1. The average Bonchev–Trinajstić information content (AvgIpc) is 2.70. The largest absolute Gasteiger partial charge is 0.389 e. The van der Waals surface area contributed by atoms with Crippen LogP contribution in [0, 0.1) is 0 Å². The summed E-state index contributed by atoms with van der Waals surface area (Å²) < 4.78 is 0. The van der Waals surface area contributed by atoms with Gasteiger partial charge >= 0.3 is 0 Å². The van der Waals surface area contributed by atoms with Gasteiger partial charge in [-0.05, 0) is 31.2 Å². The van der Waals surface area contributed by atoms with Gasteiger partial charge in [0.05, 0.1) is 5.60 Å². The standard InChI is InChI=1S/C18H29NO/c1-2-17(14-16-10-6-5-7-11-16)19-15-18(20)12-8-3-4-9-13-18/h5-7,10-11,17,19-20H,2-4,8-9,12-15H2,1H3. The molecule has 1 aromatic carbocycles. The van der Waals surface area contributed by atoms with E-state index in [-0.39, 0.29) is 0 Å². The first-order valence-corrected chi connectivity index (χ1v) is 8.21. The van der Waals surface area contributed by atoms with Crippen molar-refractivity contribution in [1.29, 1.82) is 0 Å². The van der Waals surface area contributed by atoms with Gasteiger partial charge in [0.2, 0.25) is 0 Å². The minimum atomic E-state index is -0.472. The first-order valence-electron chi connectivity index (χ1n) is 8.21. The molecule has 1 unspecified atom stereocenters. The second-order valence-corrected chi connectivity index (χ2v) is 6.31. The normalized spacial score (nSPS) is 20.3.